The van der Waals surface area contributed by atoms with Crippen LogP contribution in [0, 0.1) is 6.92 Å². The van der Waals surface area contributed by atoms with E-state index in [1.165, 1.54) is 16.7 Å². The number of fused-ring (bicyclic) bond motifs is 2. The van der Waals surface area contributed by atoms with E-state index < -0.39 is 10.0 Å². The molecule has 0 atom stereocenters. The van der Waals surface area contributed by atoms with Crippen molar-refractivity contribution in [2.45, 2.75) is 43.4 Å². The number of sulfonamides is 1. The number of benzene rings is 2. The summed E-state index contributed by atoms with van der Waals surface area (Å²) in [4.78, 5) is 0.393. The van der Waals surface area contributed by atoms with Gasteiger partial charge in [0, 0.05) is 42.6 Å². The Balaban J connectivity index is 1.40. The van der Waals surface area contributed by atoms with Crippen LogP contribution in [0.25, 0.3) is 0 Å². The normalized spacial score (nSPS) is 19.8. The average molecular weight is 400 g/mol. The summed E-state index contributed by atoms with van der Waals surface area (Å²) >= 11 is 0. The third-order valence-electron chi connectivity index (χ3n) is 6.18. The molecule has 6 heteroatoms. The molecule has 28 heavy (non-hydrogen) atoms. The third-order valence-corrected chi connectivity index (χ3v) is 8.08. The molecule has 1 saturated heterocycles. The molecule has 1 fully saturated rings. The molecule has 0 bridgehead atoms. The lowest BCUT2D eigenvalue weighted by molar-refractivity contribution is 0.307. The van der Waals surface area contributed by atoms with E-state index in [2.05, 4.69) is 6.07 Å². The fraction of sp³-hybridized carbons (Fsp3) is 0.455. The van der Waals surface area contributed by atoms with Gasteiger partial charge in [-0.3, -0.25) is 0 Å². The van der Waals surface area contributed by atoms with Crippen LogP contribution in [0.4, 0.5) is 0 Å². The van der Waals surface area contributed by atoms with Gasteiger partial charge in [0.25, 0.3) is 0 Å². The van der Waals surface area contributed by atoms with Crippen molar-refractivity contribution in [3.05, 3.63) is 52.6 Å². The Morgan fingerprint density at radius 2 is 1.82 bits per heavy atom. The van der Waals surface area contributed by atoms with E-state index in [4.69, 9.17) is 9.47 Å². The van der Waals surface area contributed by atoms with Gasteiger partial charge in [0.1, 0.15) is 11.5 Å². The van der Waals surface area contributed by atoms with E-state index >= 15 is 0 Å². The molecule has 0 aromatic heterocycles. The molecule has 0 radical (unpaired) electrons. The number of hydrogen-bond acceptors (Lipinski definition) is 4. The first-order valence-corrected chi connectivity index (χ1v) is 11.5. The number of hydrogen-bond donors (Lipinski definition) is 0. The van der Waals surface area contributed by atoms with Crippen LogP contribution in [0.2, 0.25) is 0 Å². The predicted molar refractivity (Wildman–Crippen MR) is 107 cm³/mol. The Labute approximate surface area is 166 Å². The highest BCUT2D eigenvalue weighted by molar-refractivity contribution is 7.89. The molecule has 0 amide bonds. The van der Waals surface area contributed by atoms with E-state index in [1.807, 2.05) is 19.1 Å². The van der Waals surface area contributed by atoms with Gasteiger partial charge in [-0.25, -0.2) is 8.42 Å². The monoisotopic (exact) mass is 399 g/mol. The van der Waals surface area contributed by atoms with E-state index in [9.17, 15) is 8.42 Å². The van der Waals surface area contributed by atoms with Gasteiger partial charge in [0.2, 0.25) is 10.0 Å². The fourth-order valence-corrected chi connectivity index (χ4v) is 6.34. The maximum absolute atomic E-state index is 13.0. The molecule has 5 rings (SSSR count). The number of aryl methyl sites for hydroxylation is 1. The third kappa shape index (κ3) is 2.90. The number of rotatable bonds is 3. The maximum Gasteiger partial charge on any atom is 0.243 e. The maximum atomic E-state index is 13.0. The lowest BCUT2D eigenvalue weighted by Crippen LogP contribution is -2.38. The standard InChI is InChI=1S/C22H25NO4S/c1-15-3-2-4-18(13-15)28(24,25)23-9-5-16(6-10-23)21-19-8-12-26-20(19)14-17-7-11-27-22(17)21/h2-4,13-14,16H,5-12H2,1H3. The van der Waals surface area contributed by atoms with Crippen molar-refractivity contribution >= 4 is 10.0 Å². The number of ether oxygens (including phenoxy) is 2. The molecule has 148 valence electrons. The van der Waals surface area contributed by atoms with E-state index in [0.29, 0.717) is 23.9 Å². The van der Waals surface area contributed by atoms with Crippen molar-refractivity contribution in [1.29, 1.82) is 0 Å². The van der Waals surface area contributed by atoms with Gasteiger partial charge in [-0.15, -0.1) is 0 Å². The molecule has 3 heterocycles. The Morgan fingerprint density at radius 1 is 1.04 bits per heavy atom. The van der Waals surface area contributed by atoms with Crippen molar-refractivity contribution in [3.8, 4) is 11.5 Å². The van der Waals surface area contributed by atoms with Gasteiger partial charge in [0.05, 0.1) is 18.1 Å². The lowest BCUT2D eigenvalue weighted by Gasteiger charge is -2.32. The lowest BCUT2D eigenvalue weighted by atomic mass is 9.84. The molecule has 0 saturated carbocycles. The second-order valence-electron chi connectivity index (χ2n) is 7.95. The highest BCUT2D eigenvalue weighted by Gasteiger charge is 2.35. The quantitative estimate of drug-likeness (QED) is 0.793. The van der Waals surface area contributed by atoms with Crippen LogP contribution in [0.5, 0.6) is 11.5 Å². The summed E-state index contributed by atoms with van der Waals surface area (Å²) in [6, 6.07) is 9.32. The van der Waals surface area contributed by atoms with Gasteiger partial charge in [-0.05, 0) is 49.4 Å². The molecule has 0 unspecified atom stereocenters. The second kappa shape index (κ2) is 6.78. The minimum Gasteiger partial charge on any atom is -0.493 e. The molecule has 2 aromatic rings. The van der Waals surface area contributed by atoms with E-state index in [1.54, 1.807) is 16.4 Å². The minimum absolute atomic E-state index is 0.326. The Kier molecular flexibility index (Phi) is 4.36. The van der Waals surface area contributed by atoms with Crippen molar-refractivity contribution in [2.24, 2.45) is 0 Å². The first kappa shape index (κ1) is 18.0. The summed E-state index contributed by atoms with van der Waals surface area (Å²) < 4.78 is 39.5. The summed E-state index contributed by atoms with van der Waals surface area (Å²) in [6.07, 6.45) is 3.48. The number of nitrogens with zero attached hydrogens (tertiary/aromatic N) is 1. The van der Waals surface area contributed by atoms with Gasteiger partial charge in [0.15, 0.2) is 0 Å². The number of piperidine rings is 1. The van der Waals surface area contributed by atoms with Crippen molar-refractivity contribution in [3.63, 3.8) is 0 Å². The van der Waals surface area contributed by atoms with Gasteiger partial charge >= 0.3 is 0 Å². The topological polar surface area (TPSA) is 55.8 Å². The van der Waals surface area contributed by atoms with Crippen molar-refractivity contribution in [1.82, 2.24) is 4.31 Å². The zero-order valence-corrected chi connectivity index (χ0v) is 16.9. The molecule has 3 aliphatic heterocycles. The summed E-state index contributed by atoms with van der Waals surface area (Å²) in [5.41, 5.74) is 4.77. The van der Waals surface area contributed by atoms with Gasteiger partial charge < -0.3 is 9.47 Å². The van der Waals surface area contributed by atoms with Crippen molar-refractivity contribution < 1.29 is 17.9 Å². The van der Waals surface area contributed by atoms with Crippen LogP contribution >= 0.6 is 0 Å². The van der Waals surface area contributed by atoms with E-state index in [-0.39, 0.29) is 0 Å². The van der Waals surface area contributed by atoms with Crippen LogP contribution in [-0.4, -0.2) is 39.0 Å². The Hall–Kier alpha value is -2.05. The Morgan fingerprint density at radius 3 is 2.61 bits per heavy atom. The summed E-state index contributed by atoms with van der Waals surface area (Å²) in [7, 11) is -3.44. The van der Waals surface area contributed by atoms with Gasteiger partial charge in [-0.2, -0.15) is 4.31 Å². The molecule has 2 aromatic carbocycles. The Bertz CT molecular complexity index is 991. The smallest absolute Gasteiger partial charge is 0.243 e. The molecule has 0 N–H and O–H groups in total. The zero-order valence-electron chi connectivity index (χ0n) is 16.1. The fourth-order valence-electron chi connectivity index (χ4n) is 4.76. The van der Waals surface area contributed by atoms with Crippen molar-refractivity contribution in [2.75, 3.05) is 26.3 Å². The summed E-state index contributed by atoms with van der Waals surface area (Å²) in [5, 5.41) is 0. The molecule has 0 aliphatic carbocycles. The van der Waals surface area contributed by atoms with Crippen LogP contribution in [0.15, 0.2) is 35.2 Å². The SMILES string of the molecule is Cc1cccc(S(=O)(=O)N2CCC(c3c4c(cc5c3OCC5)OCC4)CC2)c1. The van der Waals surface area contributed by atoms with Crippen LogP contribution in [0.1, 0.15) is 41.0 Å². The average Bonchev–Trinajstić information content (AvgIpc) is 3.35. The predicted octanol–water partition coefficient (Wildman–Crippen LogP) is 3.43. The van der Waals surface area contributed by atoms with Crippen LogP contribution < -0.4 is 9.47 Å². The molecule has 5 nitrogen and oxygen atoms in total. The molecule has 3 aliphatic rings. The largest absolute Gasteiger partial charge is 0.493 e. The van der Waals surface area contributed by atoms with Gasteiger partial charge in [-0.1, -0.05) is 12.1 Å². The minimum atomic E-state index is -3.44. The van der Waals surface area contributed by atoms with Crippen LogP contribution in [-0.2, 0) is 22.9 Å². The first-order valence-electron chi connectivity index (χ1n) is 10.0. The first-order chi connectivity index (χ1) is 13.5. The van der Waals surface area contributed by atoms with Crippen LogP contribution in [0.3, 0.4) is 0 Å². The summed E-state index contributed by atoms with van der Waals surface area (Å²) in [5.74, 6) is 2.38. The molecule has 0 spiro atoms. The molecular weight excluding hydrogens is 374 g/mol. The second-order valence-corrected chi connectivity index (χ2v) is 9.88. The highest BCUT2D eigenvalue weighted by atomic mass is 32.2. The highest BCUT2D eigenvalue weighted by Crippen LogP contribution is 2.47. The van der Waals surface area contributed by atoms with E-state index in [0.717, 1.165) is 56.0 Å². The summed E-state index contributed by atoms with van der Waals surface area (Å²) in [6.45, 7) is 4.46. The molecular formula is C22H25NO4S. The zero-order chi connectivity index (χ0) is 19.3.